The van der Waals surface area contributed by atoms with E-state index in [1.165, 1.54) is 9.80 Å². The summed E-state index contributed by atoms with van der Waals surface area (Å²) in [5.74, 6) is 0.371. The molecular formula is C40H35NO5S. The number of hydrogen-bond acceptors (Lipinski definition) is 6. The normalized spacial score (nSPS) is 20.8. The van der Waals surface area contributed by atoms with Gasteiger partial charge in [-0.2, -0.15) is 0 Å². The van der Waals surface area contributed by atoms with Crippen molar-refractivity contribution in [2.24, 2.45) is 5.92 Å². The molecule has 5 aromatic rings. The van der Waals surface area contributed by atoms with Crippen molar-refractivity contribution in [3.05, 3.63) is 161 Å². The number of aliphatic hydroxyl groups is 1. The van der Waals surface area contributed by atoms with Crippen molar-refractivity contribution in [1.29, 1.82) is 0 Å². The molecule has 7 rings (SSSR count). The zero-order chi connectivity index (χ0) is 32.3. The van der Waals surface area contributed by atoms with E-state index in [-0.39, 0.29) is 43.1 Å². The molecule has 6 nitrogen and oxygen atoms in total. The van der Waals surface area contributed by atoms with Crippen LogP contribution in [0.15, 0.2) is 132 Å². The number of rotatable bonds is 9. The van der Waals surface area contributed by atoms with Gasteiger partial charge < -0.3 is 14.6 Å². The molecule has 1 fully saturated rings. The molecule has 2 heterocycles. The molecule has 0 aliphatic carbocycles. The summed E-state index contributed by atoms with van der Waals surface area (Å²) in [6.45, 7) is 2.39. The molecule has 0 aromatic heterocycles. The van der Waals surface area contributed by atoms with Crippen LogP contribution in [0.25, 0.3) is 11.1 Å². The molecule has 4 atom stereocenters. The number of amides is 2. The van der Waals surface area contributed by atoms with E-state index in [4.69, 9.17) is 9.47 Å². The van der Waals surface area contributed by atoms with Crippen LogP contribution in [0.4, 0.5) is 0 Å². The van der Waals surface area contributed by atoms with Crippen LogP contribution in [-0.4, -0.2) is 33.7 Å². The van der Waals surface area contributed by atoms with Crippen molar-refractivity contribution in [2.75, 3.05) is 5.75 Å². The number of nitrogens with zero attached hydrogens (tertiary/aromatic N) is 1. The highest BCUT2D eigenvalue weighted by Gasteiger charge is 2.38. The number of ether oxygens (including phenoxy) is 2. The molecule has 0 radical (unpaired) electrons. The lowest BCUT2D eigenvalue weighted by atomic mass is 9.91. The van der Waals surface area contributed by atoms with Crippen LogP contribution in [0.2, 0.25) is 0 Å². The van der Waals surface area contributed by atoms with Gasteiger partial charge in [-0.3, -0.25) is 14.5 Å². The fraction of sp³-hybridized carbons (Fsp3) is 0.200. The first kappa shape index (κ1) is 31.1. The predicted molar refractivity (Wildman–Crippen MR) is 183 cm³/mol. The van der Waals surface area contributed by atoms with E-state index >= 15 is 0 Å². The quantitative estimate of drug-likeness (QED) is 0.129. The van der Waals surface area contributed by atoms with E-state index in [0.29, 0.717) is 11.1 Å². The number of hydrogen-bond donors (Lipinski definition) is 1. The van der Waals surface area contributed by atoms with Crippen molar-refractivity contribution < 1.29 is 24.2 Å². The van der Waals surface area contributed by atoms with Crippen molar-refractivity contribution in [2.45, 2.75) is 43.5 Å². The minimum atomic E-state index is -0.552. The molecule has 7 heteroatoms. The summed E-state index contributed by atoms with van der Waals surface area (Å²) in [7, 11) is 0. The van der Waals surface area contributed by atoms with Gasteiger partial charge in [0.05, 0.1) is 36.5 Å². The van der Waals surface area contributed by atoms with E-state index in [9.17, 15) is 14.7 Å². The lowest BCUT2D eigenvalue weighted by Crippen LogP contribution is -2.38. The number of carbonyl (C=O) groups is 2. The minimum absolute atomic E-state index is 0.00145. The highest BCUT2D eigenvalue weighted by molar-refractivity contribution is 7.99. The zero-order valence-electron chi connectivity index (χ0n) is 26.0. The third-order valence-corrected chi connectivity index (χ3v) is 10.0. The monoisotopic (exact) mass is 641 g/mol. The van der Waals surface area contributed by atoms with E-state index in [0.717, 1.165) is 39.1 Å². The fourth-order valence-corrected chi connectivity index (χ4v) is 7.34. The Balaban J connectivity index is 1.10. The molecule has 2 aliphatic rings. The fourth-order valence-electron chi connectivity index (χ4n) is 6.25. The molecule has 236 valence electrons. The Bertz CT molecular complexity index is 1840. The molecule has 2 amide bonds. The number of imide groups is 1. The average molecular weight is 642 g/mol. The first-order valence-electron chi connectivity index (χ1n) is 15.8. The van der Waals surface area contributed by atoms with E-state index in [1.807, 2.05) is 78.9 Å². The second-order valence-corrected chi connectivity index (χ2v) is 13.1. The summed E-state index contributed by atoms with van der Waals surface area (Å²) in [5.41, 5.74) is 6.64. The summed E-state index contributed by atoms with van der Waals surface area (Å²) in [5, 5.41) is 9.56. The first-order valence-corrected chi connectivity index (χ1v) is 16.8. The number of aliphatic hydroxyl groups excluding tert-OH is 1. The largest absolute Gasteiger partial charge is 0.392 e. The van der Waals surface area contributed by atoms with Gasteiger partial charge >= 0.3 is 0 Å². The Hall–Kier alpha value is -4.53. The number of carbonyl (C=O) groups excluding carboxylic acids is 2. The van der Waals surface area contributed by atoms with Gasteiger partial charge in [-0.15, -0.1) is 11.8 Å². The Kier molecular flexibility index (Phi) is 9.05. The number of thioether (sulfide) groups is 1. The van der Waals surface area contributed by atoms with Crippen LogP contribution in [0.3, 0.4) is 0 Å². The van der Waals surface area contributed by atoms with Gasteiger partial charge in [0.2, 0.25) is 0 Å². The maximum atomic E-state index is 12.9. The molecule has 1 N–H and O–H groups in total. The van der Waals surface area contributed by atoms with Gasteiger partial charge in [0.15, 0.2) is 6.29 Å². The van der Waals surface area contributed by atoms with Gasteiger partial charge in [0, 0.05) is 22.1 Å². The van der Waals surface area contributed by atoms with E-state index in [1.54, 1.807) is 36.0 Å². The Morgan fingerprint density at radius 3 is 2.02 bits per heavy atom. The van der Waals surface area contributed by atoms with Crippen LogP contribution in [0, 0.1) is 5.92 Å². The number of benzene rings is 5. The van der Waals surface area contributed by atoms with Crippen LogP contribution in [0.1, 0.15) is 62.3 Å². The smallest absolute Gasteiger partial charge is 0.261 e. The summed E-state index contributed by atoms with van der Waals surface area (Å²) in [4.78, 5) is 28.4. The molecule has 4 unspecified atom stereocenters. The Morgan fingerprint density at radius 2 is 1.34 bits per heavy atom. The third-order valence-electron chi connectivity index (χ3n) is 8.94. The topological polar surface area (TPSA) is 76.1 Å². The summed E-state index contributed by atoms with van der Waals surface area (Å²) in [6, 6.07) is 41.4. The van der Waals surface area contributed by atoms with Gasteiger partial charge in [0.1, 0.15) is 0 Å². The van der Waals surface area contributed by atoms with Crippen LogP contribution >= 0.6 is 11.8 Å². The molecule has 47 heavy (non-hydrogen) atoms. The second-order valence-electron chi connectivity index (χ2n) is 12.0. The van der Waals surface area contributed by atoms with Gasteiger partial charge in [-0.1, -0.05) is 104 Å². The Labute approximate surface area is 279 Å². The summed E-state index contributed by atoms with van der Waals surface area (Å²) in [6.07, 6.45) is -0.786. The highest BCUT2D eigenvalue weighted by Crippen LogP contribution is 2.43. The maximum absolute atomic E-state index is 12.9. The van der Waals surface area contributed by atoms with Gasteiger partial charge in [0.25, 0.3) is 11.8 Å². The van der Waals surface area contributed by atoms with Crippen molar-refractivity contribution in [3.63, 3.8) is 0 Å². The average Bonchev–Trinajstić information content (AvgIpc) is 3.36. The van der Waals surface area contributed by atoms with E-state index in [2.05, 4.69) is 31.2 Å². The molecule has 1 saturated heterocycles. The minimum Gasteiger partial charge on any atom is -0.392 e. The predicted octanol–water partition coefficient (Wildman–Crippen LogP) is 8.23. The van der Waals surface area contributed by atoms with E-state index < -0.39 is 6.29 Å². The van der Waals surface area contributed by atoms with Crippen LogP contribution < -0.4 is 0 Å². The summed E-state index contributed by atoms with van der Waals surface area (Å²) >= 11 is 1.78. The lowest BCUT2D eigenvalue weighted by Gasteiger charge is -2.41. The molecule has 0 spiro atoms. The Morgan fingerprint density at radius 1 is 0.681 bits per heavy atom. The lowest BCUT2D eigenvalue weighted by molar-refractivity contribution is -0.268. The zero-order valence-corrected chi connectivity index (χ0v) is 26.8. The van der Waals surface area contributed by atoms with Gasteiger partial charge in [-0.05, 0) is 58.1 Å². The highest BCUT2D eigenvalue weighted by atomic mass is 32.2. The molecular weight excluding hydrogens is 607 g/mol. The van der Waals surface area contributed by atoms with Crippen molar-refractivity contribution >= 4 is 23.6 Å². The molecule has 0 bridgehead atoms. The SMILES string of the molecule is CC1C(CSc2ccccc2)OC(c2ccc(-c3cccc(CN4C(=O)c5ccccc5C4=O)c3)cc2)OC1c1ccc(CO)cc1. The standard InChI is InChI=1S/C40H35NO5S/c1-26-36(25-47-33-10-3-2-4-11-33)45-40(46-37(26)30-16-14-27(24-42)15-17-30)31-20-18-29(19-21-31)32-9-7-8-28(22-32)23-41-38(43)34-12-5-6-13-35(34)39(41)44/h2-22,26,36-37,40,42H,23-25H2,1H3. The summed E-state index contributed by atoms with van der Waals surface area (Å²) < 4.78 is 13.3. The third kappa shape index (κ3) is 6.53. The van der Waals surface area contributed by atoms with Crippen LogP contribution in [-0.2, 0) is 22.6 Å². The second kappa shape index (κ2) is 13.7. The molecule has 5 aromatic carbocycles. The van der Waals surface area contributed by atoms with Crippen molar-refractivity contribution in [1.82, 2.24) is 4.90 Å². The number of fused-ring (bicyclic) bond motifs is 1. The van der Waals surface area contributed by atoms with Crippen molar-refractivity contribution in [3.8, 4) is 11.1 Å². The molecule has 2 aliphatic heterocycles. The molecule has 0 saturated carbocycles. The maximum Gasteiger partial charge on any atom is 0.261 e. The van der Waals surface area contributed by atoms with Gasteiger partial charge in [-0.25, -0.2) is 0 Å². The first-order chi connectivity index (χ1) is 23.0. The van der Waals surface area contributed by atoms with Crippen LogP contribution in [0.5, 0.6) is 0 Å².